The number of carbonyl (C=O) groups excluding carboxylic acids is 1. The molecule has 1 amide bonds. The molecule has 1 aliphatic heterocycles. The van der Waals surface area contributed by atoms with Crippen molar-refractivity contribution in [2.45, 2.75) is 26.2 Å². The zero-order valence-electron chi connectivity index (χ0n) is 15.6. The zero-order valence-corrected chi connectivity index (χ0v) is 15.6. The van der Waals surface area contributed by atoms with Crippen molar-refractivity contribution in [1.29, 1.82) is 0 Å². The van der Waals surface area contributed by atoms with Gasteiger partial charge in [0.25, 0.3) is 5.91 Å². The lowest BCUT2D eigenvalue weighted by molar-refractivity contribution is 0.0697. The van der Waals surface area contributed by atoms with Crippen LogP contribution in [-0.4, -0.2) is 42.5 Å². The highest BCUT2D eigenvalue weighted by molar-refractivity contribution is 5.94. The number of nitrogens with one attached hydrogen (secondary N) is 1. The Bertz CT molecular complexity index is 722. The van der Waals surface area contributed by atoms with Gasteiger partial charge in [0.05, 0.1) is 12.7 Å². The average molecular weight is 353 g/mol. The number of piperidine rings is 1. The molecular weight excluding hydrogens is 326 g/mol. The van der Waals surface area contributed by atoms with Crippen molar-refractivity contribution in [1.82, 2.24) is 9.88 Å². The van der Waals surface area contributed by atoms with Crippen molar-refractivity contribution >= 4 is 11.7 Å². The Morgan fingerprint density at radius 1 is 1.27 bits per heavy atom. The first-order valence-corrected chi connectivity index (χ1v) is 9.28. The van der Waals surface area contributed by atoms with Crippen molar-refractivity contribution < 1.29 is 9.53 Å². The molecule has 0 aliphatic carbocycles. The fraction of sp³-hybridized carbons (Fsp3) is 0.429. The third-order valence-electron chi connectivity index (χ3n) is 4.94. The first-order chi connectivity index (χ1) is 12.7. The van der Waals surface area contributed by atoms with Crippen molar-refractivity contribution in [3.8, 4) is 5.75 Å². The monoisotopic (exact) mass is 353 g/mol. The maximum Gasteiger partial charge on any atom is 0.255 e. The Kier molecular flexibility index (Phi) is 6.10. The molecule has 0 spiro atoms. The highest BCUT2D eigenvalue weighted by atomic mass is 16.5. The summed E-state index contributed by atoms with van der Waals surface area (Å²) in [6.07, 6.45) is 4.73. The SMILES string of the molecule is COc1cccc(CCNc2ccc(C(=O)N3CCC(C)CC3)cn2)c1. The molecule has 2 heterocycles. The number of rotatable bonds is 6. The van der Waals surface area contributed by atoms with Gasteiger partial charge in [-0.2, -0.15) is 0 Å². The zero-order chi connectivity index (χ0) is 18.4. The van der Waals surface area contributed by atoms with E-state index in [1.54, 1.807) is 13.3 Å². The van der Waals surface area contributed by atoms with Gasteiger partial charge in [-0.1, -0.05) is 19.1 Å². The van der Waals surface area contributed by atoms with Gasteiger partial charge in [0.1, 0.15) is 11.6 Å². The maximum atomic E-state index is 12.5. The van der Waals surface area contributed by atoms with Crippen LogP contribution in [0.3, 0.4) is 0 Å². The number of pyridine rings is 1. The van der Waals surface area contributed by atoms with E-state index in [0.29, 0.717) is 11.5 Å². The minimum atomic E-state index is 0.0901. The number of benzene rings is 1. The number of nitrogens with zero attached hydrogens (tertiary/aromatic N) is 2. The summed E-state index contributed by atoms with van der Waals surface area (Å²) in [4.78, 5) is 18.9. The van der Waals surface area contributed by atoms with Crippen LogP contribution in [0.5, 0.6) is 5.75 Å². The fourth-order valence-electron chi connectivity index (χ4n) is 3.18. The lowest BCUT2D eigenvalue weighted by atomic mass is 9.99. The lowest BCUT2D eigenvalue weighted by Crippen LogP contribution is -2.37. The molecule has 26 heavy (non-hydrogen) atoms. The van der Waals surface area contributed by atoms with Crippen molar-refractivity contribution in [3.05, 3.63) is 53.7 Å². The Labute approximate surface area is 155 Å². The Morgan fingerprint density at radius 2 is 2.08 bits per heavy atom. The summed E-state index contributed by atoms with van der Waals surface area (Å²) in [5.41, 5.74) is 1.88. The minimum absolute atomic E-state index is 0.0901. The lowest BCUT2D eigenvalue weighted by Gasteiger charge is -2.30. The summed E-state index contributed by atoms with van der Waals surface area (Å²) in [7, 11) is 1.68. The number of amides is 1. The number of anilines is 1. The molecule has 0 atom stereocenters. The predicted molar refractivity (Wildman–Crippen MR) is 104 cm³/mol. The third-order valence-corrected chi connectivity index (χ3v) is 4.94. The number of hydrogen-bond donors (Lipinski definition) is 1. The molecule has 1 N–H and O–H groups in total. The van der Waals surface area contributed by atoms with E-state index in [2.05, 4.69) is 23.3 Å². The van der Waals surface area contributed by atoms with Crippen LogP contribution in [0.1, 0.15) is 35.7 Å². The van der Waals surface area contributed by atoms with E-state index in [0.717, 1.165) is 50.5 Å². The number of likely N-dealkylation sites (tertiary alicyclic amines) is 1. The van der Waals surface area contributed by atoms with Crippen molar-refractivity contribution in [3.63, 3.8) is 0 Å². The molecule has 0 saturated carbocycles. The van der Waals surface area contributed by atoms with Gasteiger partial charge in [0.2, 0.25) is 0 Å². The molecule has 0 bridgehead atoms. The first kappa shape index (κ1) is 18.2. The standard InChI is InChI=1S/C21H27N3O2/c1-16-9-12-24(13-10-16)21(25)18-6-7-20(23-15-18)22-11-8-17-4-3-5-19(14-17)26-2/h3-7,14-16H,8-13H2,1-2H3,(H,22,23). The minimum Gasteiger partial charge on any atom is -0.497 e. The normalized spacial score (nSPS) is 14.9. The summed E-state index contributed by atoms with van der Waals surface area (Å²) in [6.45, 7) is 4.72. The van der Waals surface area contributed by atoms with Gasteiger partial charge in [-0.3, -0.25) is 4.79 Å². The van der Waals surface area contributed by atoms with Gasteiger partial charge in [0.15, 0.2) is 0 Å². The largest absolute Gasteiger partial charge is 0.497 e. The van der Waals surface area contributed by atoms with E-state index < -0.39 is 0 Å². The van der Waals surface area contributed by atoms with Gasteiger partial charge in [-0.05, 0) is 55.0 Å². The highest BCUT2D eigenvalue weighted by Gasteiger charge is 2.21. The number of ether oxygens (including phenoxy) is 1. The molecule has 1 aliphatic rings. The van der Waals surface area contributed by atoms with Crippen LogP contribution < -0.4 is 10.1 Å². The maximum absolute atomic E-state index is 12.5. The molecule has 1 aromatic heterocycles. The molecular formula is C21H27N3O2. The summed E-state index contributed by atoms with van der Waals surface area (Å²) >= 11 is 0. The summed E-state index contributed by atoms with van der Waals surface area (Å²) in [6, 6.07) is 11.8. The molecule has 5 nitrogen and oxygen atoms in total. The molecule has 1 aromatic carbocycles. The van der Waals surface area contributed by atoms with Gasteiger partial charge < -0.3 is 15.0 Å². The van der Waals surface area contributed by atoms with Crippen molar-refractivity contribution in [2.75, 3.05) is 32.1 Å². The van der Waals surface area contributed by atoms with Crippen LogP contribution in [0.15, 0.2) is 42.6 Å². The van der Waals surface area contributed by atoms with Crippen LogP contribution in [0.4, 0.5) is 5.82 Å². The second-order valence-corrected chi connectivity index (χ2v) is 6.94. The van der Waals surface area contributed by atoms with E-state index in [1.807, 2.05) is 35.2 Å². The van der Waals surface area contributed by atoms with E-state index in [-0.39, 0.29) is 5.91 Å². The Morgan fingerprint density at radius 3 is 2.77 bits per heavy atom. The smallest absolute Gasteiger partial charge is 0.255 e. The van der Waals surface area contributed by atoms with E-state index in [4.69, 9.17) is 4.74 Å². The molecule has 1 fully saturated rings. The van der Waals surface area contributed by atoms with Gasteiger partial charge in [-0.25, -0.2) is 4.98 Å². The van der Waals surface area contributed by atoms with E-state index in [1.165, 1.54) is 5.56 Å². The fourth-order valence-corrected chi connectivity index (χ4v) is 3.18. The molecule has 3 rings (SSSR count). The first-order valence-electron chi connectivity index (χ1n) is 9.28. The summed E-state index contributed by atoms with van der Waals surface area (Å²) in [5, 5.41) is 3.31. The van der Waals surface area contributed by atoms with E-state index in [9.17, 15) is 4.79 Å². The second kappa shape index (κ2) is 8.70. The average Bonchev–Trinajstić information content (AvgIpc) is 2.69. The molecule has 5 heteroatoms. The topological polar surface area (TPSA) is 54.5 Å². The van der Waals surface area contributed by atoms with E-state index >= 15 is 0 Å². The number of carbonyl (C=O) groups is 1. The van der Waals surface area contributed by atoms with Crippen molar-refractivity contribution in [2.24, 2.45) is 5.92 Å². The van der Waals surface area contributed by atoms with Crippen LogP contribution in [0, 0.1) is 5.92 Å². The number of methoxy groups -OCH3 is 1. The molecule has 0 radical (unpaired) electrons. The number of hydrogen-bond acceptors (Lipinski definition) is 4. The van der Waals surface area contributed by atoms with Gasteiger partial charge in [-0.15, -0.1) is 0 Å². The Hall–Kier alpha value is -2.56. The number of aromatic nitrogens is 1. The molecule has 2 aromatic rings. The van der Waals surface area contributed by atoms with Gasteiger partial charge in [0, 0.05) is 25.8 Å². The van der Waals surface area contributed by atoms with Crippen LogP contribution >= 0.6 is 0 Å². The second-order valence-electron chi connectivity index (χ2n) is 6.94. The van der Waals surface area contributed by atoms with Crippen LogP contribution in [-0.2, 0) is 6.42 Å². The summed E-state index contributed by atoms with van der Waals surface area (Å²) in [5.74, 6) is 2.47. The molecule has 1 saturated heterocycles. The highest BCUT2D eigenvalue weighted by Crippen LogP contribution is 2.18. The molecule has 138 valence electrons. The van der Waals surface area contributed by atoms with Crippen LogP contribution in [0.2, 0.25) is 0 Å². The Balaban J connectivity index is 1.50. The molecule has 0 unspecified atom stereocenters. The van der Waals surface area contributed by atoms with Gasteiger partial charge >= 0.3 is 0 Å². The predicted octanol–water partition coefficient (Wildman–Crippen LogP) is 3.62. The summed E-state index contributed by atoms with van der Waals surface area (Å²) < 4.78 is 5.24. The quantitative estimate of drug-likeness (QED) is 0.862. The van der Waals surface area contributed by atoms with Crippen LogP contribution in [0.25, 0.3) is 0 Å². The third kappa shape index (κ3) is 4.75.